The van der Waals surface area contributed by atoms with Gasteiger partial charge in [0, 0.05) is 70.5 Å². The third kappa shape index (κ3) is 9.74. The lowest BCUT2D eigenvalue weighted by atomic mass is 9.96. The summed E-state index contributed by atoms with van der Waals surface area (Å²) in [5.41, 5.74) is 3.89. The molecule has 1 heterocycles. The number of nitrogens with zero attached hydrogens (tertiary/aromatic N) is 3. The van der Waals surface area contributed by atoms with Gasteiger partial charge in [-0.05, 0) is 30.2 Å². The first-order valence-corrected chi connectivity index (χ1v) is 13.4. The first kappa shape index (κ1) is 29.1. The number of piperazine rings is 1. The van der Waals surface area contributed by atoms with Crippen LogP contribution >= 0.6 is 11.6 Å². The topological polar surface area (TPSA) is 51.2 Å². The third-order valence-electron chi connectivity index (χ3n) is 6.25. The fourth-order valence-corrected chi connectivity index (χ4v) is 4.72. The predicted molar refractivity (Wildman–Crippen MR) is 153 cm³/mol. The highest BCUT2D eigenvalue weighted by molar-refractivity contribution is 6.30. The lowest BCUT2D eigenvalue weighted by molar-refractivity contribution is -0.0372. The Morgan fingerprint density at radius 2 is 1.49 bits per heavy atom. The van der Waals surface area contributed by atoms with Gasteiger partial charge in [-0.25, -0.2) is 0 Å². The van der Waals surface area contributed by atoms with Crippen molar-refractivity contribution in [1.82, 2.24) is 20.2 Å². The number of benzene rings is 3. The van der Waals surface area contributed by atoms with Crippen molar-refractivity contribution in [2.45, 2.75) is 19.5 Å². The van der Waals surface area contributed by atoms with Gasteiger partial charge >= 0.3 is 0 Å². The van der Waals surface area contributed by atoms with Crippen molar-refractivity contribution >= 4 is 11.6 Å². The van der Waals surface area contributed by atoms with Gasteiger partial charge in [0.25, 0.3) is 0 Å². The number of halogens is 1. The molecule has 1 fully saturated rings. The van der Waals surface area contributed by atoms with Crippen LogP contribution < -0.4 is 10.1 Å². The normalized spacial score (nSPS) is 14.5. The Bertz CT molecular complexity index is 986. The van der Waals surface area contributed by atoms with E-state index in [9.17, 15) is 0 Å². The van der Waals surface area contributed by atoms with Gasteiger partial charge < -0.3 is 15.3 Å². The highest BCUT2D eigenvalue weighted by Crippen LogP contribution is 2.29. The van der Waals surface area contributed by atoms with Crippen molar-refractivity contribution in [2.75, 3.05) is 60.0 Å². The van der Waals surface area contributed by atoms with Gasteiger partial charge in [0.2, 0.25) is 0 Å². The molecule has 4 rings (SSSR count). The van der Waals surface area contributed by atoms with E-state index < -0.39 is 0 Å². The molecule has 1 aliphatic rings. The summed E-state index contributed by atoms with van der Waals surface area (Å²) in [4.78, 5) is 5.18. The molecule has 0 saturated carbocycles. The zero-order chi connectivity index (χ0) is 26.5. The highest BCUT2D eigenvalue weighted by Gasteiger charge is 2.26. The molecule has 0 amide bonds. The van der Waals surface area contributed by atoms with Crippen LogP contribution in [0.25, 0.3) is 0 Å². The Morgan fingerprint density at radius 3 is 2.03 bits per heavy atom. The van der Waals surface area contributed by atoms with Crippen LogP contribution in [0.5, 0.6) is 5.75 Å². The van der Waals surface area contributed by atoms with E-state index in [1.807, 2.05) is 25.1 Å². The van der Waals surface area contributed by atoms with Crippen LogP contribution in [0.3, 0.4) is 0 Å². The van der Waals surface area contributed by atoms with Crippen molar-refractivity contribution in [3.63, 3.8) is 0 Å². The number of rotatable bonds is 10. The minimum Gasteiger partial charge on any atom is -0.493 e. The van der Waals surface area contributed by atoms with E-state index in [0.29, 0.717) is 17.7 Å². The summed E-state index contributed by atoms with van der Waals surface area (Å²) in [6.07, 6.45) is 0. The monoisotopic (exact) mass is 524 g/mol. The molecule has 200 valence electrons. The number of hydroxylamine groups is 2. The van der Waals surface area contributed by atoms with Gasteiger partial charge in [-0.2, -0.15) is 5.06 Å². The average molecular weight is 525 g/mol. The Balaban J connectivity index is 0.000000886. The molecule has 0 aliphatic carbocycles. The zero-order valence-electron chi connectivity index (χ0n) is 22.3. The van der Waals surface area contributed by atoms with E-state index in [4.69, 9.17) is 21.5 Å². The molecular formula is C30H41ClN4O2. The Hall–Kier alpha value is -2.45. The van der Waals surface area contributed by atoms with E-state index in [1.54, 1.807) is 14.1 Å². The Labute approximate surface area is 227 Å². The van der Waals surface area contributed by atoms with Gasteiger partial charge in [0.1, 0.15) is 5.75 Å². The zero-order valence-corrected chi connectivity index (χ0v) is 23.1. The maximum Gasteiger partial charge on any atom is 0.125 e. The molecule has 0 aromatic heterocycles. The minimum absolute atomic E-state index is 0.314. The van der Waals surface area contributed by atoms with Gasteiger partial charge in [0.05, 0.1) is 12.6 Å². The van der Waals surface area contributed by atoms with Crippen LogP contribution in [0.1, 0.15) is 29.7 Å². The second-order valence-electron chi connectivity index (χ2n) is 9.31. The summed E-state index contributed by atoms with van der Waals surface area (Å²) in [5, 5.41) is 13.2. The van der Waals surface area contributed by atoms with E-state index in [-0.39, 0.29) is 0 Å². The van der Waals surface area contributed by atoms with Crippen LogP contribution in [0.15, 0.2) is 78.9 Å². The van der Waals surface area contributed by atoms with Gasteiger partial charge in [-0.15, -0.1) is 0 Å². The molecule has 0 spiro atoms. The van der Waals surface area contributed by atoms with Crippen LogP contribution in [0.2, 0.25) is 5.02 Å². The van der Waals surface area contributed by atoms with Gasteiger partial charge in [0.15, 0.2) is 0 Å². The first-order valence-electron chi connectivity index (χ1n) is 13.0. The number of hydrogen-bond donors (Lipinski definition) is 2. The molecule has 37 heavy (non-hydrogen) atoms. The summed E-state index contributed by atoms with van der Waals surface area (Å²) in [5.74, 6) is 0.874. The lowest BCUT2D eigenvalue weighted by Crippen LogP contribution is -2.49. The Kier molecular flexibility index (Phi) is 12.4. The van der Waals surface area contributed by atoms with Crippen LogP contribution in [-0.4, -0.2) is 80.0 Å². The fraction of sp³-hybridized carbons (Fsp3) is 0.400. The molecule has 0 unspecified atom stereocenters. The van der Waals surface area contributed by atoms with E-state index >= 15 is 0 Å². The highest BCUT2D eigenvalue weighted by atomic mass is 35.5. The molecule has 1 aliphatic heterocycles. The molecule has 1 saturated heterocycles. The Morgan fingerprint density at radius 1 is 0.919 bits per heavy atom. The molecule has 3 aromatic rings. The molecule has 2 N–H and O–H groups in total. The molecule has 0 bridgehead atoms. The third-order valence-corrected chi connectivity index (χ3v) is 6.49. The van der Waals surface area contributed by atoms with Crippen molar-refractivity contribution in [1.29, 1.82) is 0 Å². The summed E-state index contributed by atoms with van der Waals surface area (Å²) in [6.45, 7) is 9.74. The van der Waals surface area contributed by atoms with Crippen molar-refractivity contribution in [3.05, 3.63) is 101 Å². The molecular weight excluding hydrogens is 484 g/mol. The number of hydrogen-bond acceptors (Lipinski definition) is 6. The second kappa shape index (κ2) is 15.7. The second-order valence-corrected chi connectivity index (χ2v) is 9.75. The van der Waals surface area contributed by atoms with Crippen LogP contribution in [0, 0.1) is 0 Å². The summed E-state index contributed by atoms with van der Waals surface area (Å²) in [6, 6.07) is 28.0. The van der Waals surface area contributed by atoms with E-state index in [1.165, 1.54) is 11.1 Å². The van der Waals surface area contributed by atoms with Gasteiger partial charge in [-0.1, -0.05) is 78.3 Å². The maximum absolute atomic E-state index is 7.89. The maximum atomic E-state index is 7.89. The smallest absolute Gasteiger partial charge is 0.125 e. The molecule has 0 atom stereocenters. The summed E-state index contributed by atoms with van der Waals surface area (Å²) < 4.78 is 5.73. The van der Waals surface area contributed by atoms with E-state index in [2.05, 4.69) is 75.8 Å². The van der Waals surface area contributed by atoms with Crippen molar-refractivity contribution in [3.8, 4) is 5.75 Å². The van der Waals surface area contributed by atoms with Crippen molar-refractivity contribution in [2.24, 2.45) is 0 Å². The van der Waals surface area contributed by atoms with Gasteiger partial charge in [-0.3, -0.25) is 9.80 Å². The largest absolute Gasteiger partial charge is 0.493 e. The lowest BCUT2D eigenvalue weighted by Gasteiger charge is -2.39. The summed E-state index contributed by atoms with van der Waals surface area (Å²) >= 11 is 6.12. The summed E-state index contributed by atoms with van der Waals surface area (Å²) in [7, 11) is 3.11. The predicted octanol–water partition coefficient (Wildman–Crippen LogP) is 5.17. The first-order chi connectivity index (χ1) is 18.0. The molecule has 7 heteroatoms. The average Bonchev–Trinajstić information content (AvgIpc) is 2.90. The number of ether oxygens (including phenoxy) is 1. The van der Waals surface area contributed by atoms with Crippen molar-refractivity contribution < 1.29 is 9.94 Å². The SMILES string of the molecule is CCOc1cc(Cl)ccc1CNCCN1CCN(C(c2ccccc2)c2ccccc2)CC1.CN(C)O. The van der Waals surface area contributed by atoms with Crippen LogP contribution in [0.4, 0.5) is 0 Å². The standard InChI is InChI=1S/C28H34ClN3O.C2H7NO/c1-2-33-27-21-26(29)14-13-25(27)22-30-15-16-31-17-19-32(20-18-31)28(23-9-5-3-6-10-23)24-11-7-4-8-12-24;1-3(2)4/h3-14,21,28,30H,2,15-20,22H2,1H3;4H,1-2H3. The minimum atomic E-state index is 0.314. The van der Waals surface area contributed by atoms with Crippen LogP contribution in [-0.2, 0) is 6.54 Å². The molecule has 6 nitrogen and oxygen atoms in total. The molecule has 3 aromatic carbocycles. The quantitative estimate of drug-likeness (QED) is 0.282. The fourth-order valence-electron chi connectivity index (χ4n) is 4.55. The molecule has 0 radical (unpaired) electrons. The number of nitrogens with one attached hydrogen (secondary N) is 1. The van der Waals surface area contributed by atoms with E-state index in [0.717, 1.165) is 62.2 Å².